The number of hydrogen-bond acceptors (Lipinski definition) is 4. The third-order valence-corrected chi connectivity index (χ3v) is 3.11. The molecule has 0 fully saturated rings. The first-order valence-electron chi connectivity index (χ1n) is 6.74. The first-order chi connectivity index (χ1) is 9.74. The number of ether oxygens (including phenoxy) is 2. The molecular formula is C15H23F2NO3. The Hall–Kier alpha value is -1.40. The highest BCUT2D eigenvalue weighted by Crippen LogP contribution is 2.29. The van der Waals surface area contributed by atoms with Crippen LogP contribution in [0.2, 0.25) is 0 Å². The van der Waals surface area contributed by atoms with Crippen molar-refractivity contribution in [2.45, 2.75) is 40.0 Å². The Bertz CT molecular complexity index is 447. The van der Waals surface area contributed by atoms with Crippen molar-refractivity contribution in [2.24, 2.45) is 5.41 Å². The van der Waals surface area contributed by atoms with Crippen molar-refractivity contribution in [3.63, 3.8) is 0 Å². The van der Waals surface area contributed by atoms with Crippen LogP contribution in [0.3, 0.4) is 0 Å². The van der Waals surface area contributed by atoms with E-state index in [1.54, 1.807) is 12.1 Å². The van der Waals surface area contributed by atoms with E-state index in [4.69, 9.17) is 4.74 Å². The van der Waals surface area contributed by atoms with Gasteiger partial charge in [-0.1, -0.05) is 26.8 Å². The summed E-state index contributed by atoms with van der Waals surface area (Å²) in [4.78, 5) is 0. The molecule has 6 heteroatoms. The lowest BCUT2D eigenvalue weighted by atomic mass is 9.89. The molecule has 1 atom stereocenters. The van der Waals surface area contributed by atoms with Gasteiger partial charge in [0, 0.05) is 13.1 Å². The molecule has 0 amide bonds. The molecular weight excluding hydrogens is 280 g/mol. The number of aliphatic hydroxyl groups is 1. The van der Waals surface area contributed by atoms with Gasteiger partial charge in [-0.15, -0.1) is 0 Å². The lowest BCUT2D eigenvalue weighted by Gasteiger charge is -2.26. The van der Waals surface area contributed by atoms with Crippen molar-refractivity contribution < 1.29 is 23.4 Å². The predicted octanol–water partition coefficient (Wildman–Crippen LogP) is 2.79. The highest BCUT2D eigenvalue weighted by atomic mass is 19.3. The van der Waals surface area contributed by atoms with Crippen molar-refractivity contribution in [3.8, 4) is 11.5 Å². The standard InChI is InChI=1S/C15H23F2NO3/c1-15(2,3)13(19)9-18-8-10-5-6-11(21-14(16)17)12(7-10)20-4/h5-7,13-14,18-19H,8-9H2,1-4H3. The van der Waals surface area contributed by atoms with Crippen LogP contribution in [-0.4, -0.2) is 31.5 Å². The van der Waals surface area contributed by atoms with Gasteiger partial charge in [-0.2, -0.15) is 8.78 Å². The van der Waals surface area contributed by atoms with Crippen LogP contribution in [0.25, 0.3) is 0 Å². The summed E-state index contributed by atoms with van der Waals surface area (Å²) in [7, 11) is 1.40. The molecule has 4 nitrogen and oxygen atoms in total. The van der Waals surface area contributed by atoms with Gasteiger partial charge in [0.15, 0.2) is 11.5 Å². The number of nitrogens with one attached hydrogen (secondary N) is 1. The summed E-state index contributed by atoms with van der Waals surface area (Å²) < 4.78 is 33.8. The molecule has 0 heterocycles. The molecule has 120 valence electrons. The van der Waals surface area contributed by atoms with Crippen LogP contribution in [0.4, 0.5) is 8.78 Å². The molecule has 1 unspecified atom stereocenters. The molecule has 0 aliphatic heterocycles. The zero-order valence-electron chi connectivity index (χ0n) is 12.8. The summed E-state index contributed by atoms with van der Waals surface area (Å²) in [6.07, 6.45) is -0.471. The number of alkyl halides is 2. The van der Waals surface area contributed by atoms with E-state index < -0.39 is 12.7 Å². The zero-order valence-corrected chi connectivity index (χ0v) is 12.8. The van der Waals surface area contributed by atoms with Crippen molar-refractivity contribution >= 4 is 0 Å². The number of halogens is 2. The molecule has 1 aromatic carbocycles. The Morgan fingerprint density at radius 3 is 2.43 bits per heavy atom. The van der Waals surface area contributed by atoms with Crippen LogP contribution in [0.15, 0.2) is 18.2 Å². The highest BCUT2D eigenvalue weighted by molar-refractivity contribution is 5.42. The Morgan fingerprint density at radius 1 is 1.24 bits per heavy atom. The van der Waals surface area contributed by atoms with Crippen LogP contribution in [0.1, 0.15) is 26.3 Å². The molecule has 0 spiro atoms. The third-order valence-electron chi connectivity index (χ3n) is 3.11. The SMILES string of the molecule is COc1cc(CNCC(O)C(C)(C)C)ccc1OC(F)F. The maximum absolute atomic E-state index is 12.2. The van der Waals surface area contributed by atoms with Gasteiger partial charge in [0.25, 0.3) is 0 Å². The first kappa shape index (κ1) is 17.7. The molecule has 0 aromatic heterocycles. The van der Waals surface area contributed by atoms with Gasteiger partial charge in [0.05, 0.1) is 13.2 Å². The minimum absolute atomic E-state index is 0.00553. The Morgan fingerprint density at radius 2 is 1.90 bits per heavy atom. The maximum atomic E-state index is 12.2. The topological polar surface area (TPSA) is 50.7 Å². The molecule has 0 bridgehead atoms. The van der Waals surface area contributed by atoms with Gasteiger partial charge in [-0.3, -0.25) is 0 Å². The van der Waals surface area contributed by atoms with Crippen LogP contribution in [0, 0.1) is 5.41 Å². The molecule has 0 saturated heterocycles. The number of aliphatic hydroxyl groups excluding tert-OH is 1. The summed E-state index contributed by atoms with van der Waals surface area (Å²) in [6.45, 7) is 3.93. The smallest absolute Gasteiger partial charge is 0.387 e. The monoisotopic (exact) mass is 303 g/mol. The fourth-order valence-electron chi connectivity index (χ4n) is 1.67. The maximum Gasteiger partial charge on any atom is 0.387 e. The fourth-order valence-corrected chi connectivity index (χ4v) is 1.67. The highest BCUT2D eigenvalue weighted by Gasteiger charge is 2.21. The average molecular weight is 303 g/mol. The Balaban J connectivity index is 2.61. The van der Waals surface area contributed by atoms with E-state index in [2.05, 4.69) is 10.1 Å². The normalized spacial score (nSPS) is 13.3. The number of methoxy groups -OCH3 is 1. The molecule has 21 heavy (non-hydrogen) atoms. The van der Waals surface area contributed by atoms with E-state index in [-0.39, 0.29) is 16.9 Å². The molecule has 0 saturated carbocycles. The lowest BCUT2D eigenvalue weighted by Crippen LogP contribution is -2.36. The first-order valence-corrected chi connectivity index (χ1v) is 6.74. The molecule has 2 N–H and O–H groups in total. The molecule has 0 aliphatic carbocycles. The van der Waals surface area contributed by atoms with Crippen LogP contribution >= 0.6 is 0 Å². The van der Waals surface area contributed by atoms with Crippen molar-refractivity contribution in [1.29, 1.82) is 0 Å². The second kappa shape index (κ2) is 7.56. The van der Waals surface area contributed by atoms with Crippen molar-refractivity contribution in [2.75, 3.05) is 13.7 Å². The molecule has 1 rings (SSSR count). The third kappa shape index (κ3) is 5.85. The summed E-state index contributed by atoms with van der Waals surface area (Å²) in [5.41, 5.74) is 0.661. The van der Waals surface area contributed by atoms with E-state index in [9.17, 15) is 13.9 Å². The van der Waals surface area contributed by atoms with E-state index in [1.807, 2.05) is 20.8 Å². The van der Waals surface area contributed by atoms with Gasteiger partial charge in [-0.05, 0) is 23.1 Å². The quantitative estimate of drug-likeness (QED) is 0.813. The number of rotatable bonds is 7. The van der Waals surface area contributed by atoms with Gasteiger partial charge < -0.3 is 19.9 Å². The number of benzene rings is 1. The minimum Gasteiger partial charge on any atom is -0.493 e. The zero-order chi connectivity index (χ0) is 16.0. The predicted molar refractivity (Wildman–Crippen MR) is 76.8 cm³/mol. The Kier molecular flexibility index (Phi) is 6.36. The fraction of sp³-hybridized carbons (Fsp3) is 0.600. The van der Waals surface area contributed by atoms with E-state index in [0.29, 0.717) is 13.1 Å². The van der Waals surface area contributed by atoms with Crippen LogP contribution in [0.5, 0.6) is 11.5 Å². The van der Waals surface area contributed by atoms with E-state index in [0.717, 1.165) is 5.56 Å². The molecule has 0 aliphatic rings. The lowest BCUT2D eigenvalue weighted by molar-refractivity contribution is -0.0512. The van der Waals surface area contributed by atoms with Crippen LogP contribution in [-0.2, 0) is 6.54 Å². The molecule has 1 aromatic rings. The summed E-state index contributed by atoms with van der Waals surface area (Å²) >= 11 is 0. The Labute approximate surface area is 124 Å². The van der Waals surface area contributed by atoms with Gasteiger partial charge in [-0.25, -0.2) is 0 Å². The van der Waals surface area contributed by atoms with E-state index >= 15 is 0 Å². The van der Waals surface area contributed by atoms with Gasteiger partial charge in [0.1, 0.15) is 0 Å². The summed E-state index contributed by atoms with van der Waals surface area (Å²) in [5, 5.41) is 13.0. The van der Waals surface area contributed by atoms with Crippen molar-refractivity contribution in [3.05, 3.63) is 23.8 Å². The van der Waals surface area contributed by atoms with E-state index in [1.165, 1.54) is 13.2 Å². The second-order valence-electron chi connectivity index (χ2n) is 5.88. The summed E-state index contributed by atoms with van der Waals surface area (Å²) in [5.74, 6) is 0.261. The molecule has 0 radical (unpaired) electrons. The summed E-state index contributed by atoms with van der Waals surface area (Å²) in [6, 6.07) is 4.76. The van der Waals surface area contributed by atoms with Crippen LogP contribution < -0.4 is 14.8 Å². The largest absolute Gasteiger partial charge is 0.493 e. The van der Waals surface area contributed by atoms with Gasteiger partial charge in [0.2, 0.25) is 0 Å². The van der Waals surface area contributed by atoms with Crippen molar-refractivity contribution in [1.82, 2.24) is 5.32 Å². The van der Waals surface area contributed by atoms with Gasteiger partial charge >= 0.3 is 6.61 Å². The minimum atomic E-state index is -2.88. The average Bonchev–Trinajstić information content (AvgIpc) is 2.38. The number of hydrogen-bond donors (Lipinski definition) is 2. The second-order valence-corrected chi connectivity index (χ2v) is 5.88.